The number of halogens is 1. The summed E-state index contributed by atoms with van der Waals surface area (Å²) >= 11 is 0. The maximum atomic E-state index is 14.4. The second-order valence-corrected chi connectivity index (χ2v) is 7.47. The van der Waals surface area contributed by atoms with Gasteiger partial charge in [0.15, 0.2) is 11.5 Å². The van der Waals surface area contributed by atoms with Gasteiger partial charge in [0.1, 0.15) is 30.3 Å². The third-order valence-electron chi connectivity index (χ3n) is 5.35. The van der Waals surface area contributed by atoms with E-state index in [-0.39, 0.29) is 17.5 Å². The Bertz CT molecular complexity index is 1250. The Morgan fingerprint density at radius 2 is 2.06 bits per heavy atom. The first kappa shape index (κ1) is 22.3. The molecule has 2 heterocycles. The van der Waals surface area contributed by atoms with Gasteiger partial charge < -0.3 is 30.2 Å². The monoisotopic (exact) mass is 452 g/mol. The molecule has 2 aromatic heterocycles. The minimum atomic E-state index is -0.499. The Hall–Kier alpha value is -3.92. The number of ether oxygens (including phenoxy) is 2. The first-order valence-electron chi connectivity index (χ1n) is 10.4. The molecule has 0 saturated carbocycles. The van der Waals surface area contributed by atoms with Crippen LogP contribution in [0.1, 0.15) is 24.2 Å². The zero-order chi connectivity index (χ0) is 23.4. The molecule has 0 fully saturated rings. The van der Waals surface area contributed by atoms with Gasteiger partial charge >= 0.3 is 0 Å². The molecule has 0 saturated heterocycles. The van der Waals surface area contributed by atoms with E-state index in [0.717, 1.165) is 5.69 Å². The molecule has 1 unspecified atom stereocenters. The number of phenolic OH excluding ortho intramolecular Hbond substituents is 1. The van der Waals surface area contributed by atoms with Crippen molar-refractivity contribution >= 4 is 22.4 Å². The molecular weight excluding hydrogens is 427 g/mol. The van der Waals surface area contributed by atoms with Crippen LogP contribution in [0.5, 0.6) is 17.2 Å². The lowest BCUT2D eigenvalue weighted by Crippen LogP contribution is -2.24. The molecule has 1 atom stereocenters. The summed E-state index contributed by atoms with van der Waals surface area (Å²) in [5.41, 5.74) is 2.12. The molecule has 0 radical (unpaired) electrons. The van der Waals surface area contributed by atoms with E-state index in [1.165, 1.54) is 18.5 Å². The minimum Gasteiger partial charge on any atom is -0.508 e. The van der Waals surface area contributed by atoms with E-state index in [0.29, 0.717) is 46.9 Å². The van der Waals surface area contributed by atoms with E-state index >= 15 is 0 Å². The molecule has 4 N–H and O–H groups in total. The number of hydrogen-bond donors (Lipinski definition) is 4. The summed E-state index contributed by atoms with van der Waals surface area (Å²) in [7, 11) is 1.54. The van der Waals surface area contributed by atoms with Crippen molar-refractivity contribution in [3.63, 3.8) is 0 Å². The topological polar surface area (TPSA) is 117 Å². The fraction of sp³-hybridized carbons (Fsp3) is 0.261. The number of imidazole rings is 1. The number of anilines is 2. The lowest BCUT2D eigenvalue weighted by Gasteiger charge is -2.16. The SMILES string of the molecule is COc1cc2c(Nc3c(F)ccc(O)c3C)ncnc2cc1OCCNC(C)c1cnc[nH]1. The summed E-state index contributed by atoms with van der Waals surface area (Å²) in [5, 5.41) is 16.9. The van der Waals surface area contributed by atoms with Gasteiger partial charge in [-0.2, -0.15) is 0 Å². The third-order valence-corrected chi connectivity index (χ3v) is 5.35. The minimum absolute atomic E-state index is 0.0130. The molecule has 0 bridgehead atoms. The Balaban J connectivity index is 1.53. The largest absolute Gasteiger partial charge is 0.508 e. The zero-order valence-electron chi connectivity index (χ0n) is 18.5. The maximum Gasteiger partial charge on any atom is 0.163 e. The number of hydrogen-bond acceptors (Lipinski definition) is 8. The van der Waals surface area contributed by atoms with E-state index < -0.39 is 5.82 Å². The fourth-order valence-electron chi connectivity index (χ4n) is 3.43. The van der Waals surface area contributed by atoms with Gasteiger partial charge in [-0.05, 0) is 32.0 Å². The highest BCUT2D eigenvalue weighted by atomic mass is 19.1. The highest BCUT2D eigenvalue weighted by molar-refractivity contribution is 5.93. The summed E-state index contributed by atoms with van der Waals surface area (Å²) in [6, 6.07) is 6.11. The fourth-order valence-corrected chi connectivity index (χ4v) is 3.43. The highest BCUT2D eigenvalue weighted by Gasteiger charge is 2.15. The smallest absolute Gasteiger partial charge is 0.163 e. The van der Waals surface area contributed by atoms with Gasteiger partial charge in [0, 0.05) is 35.8 Å². The first-order chi connectivity index (χ1) is 16.0. The lowest BCUT2D eigenvalue weighted by molar-refractivity contribution is 0.288. The van der Waals surface area contributed by atoms with Crippen molar-refractivity contribution in [3.8, 4) is 17.2 Å². The van der Waals surface area contributed by atoms with Crippen molar-refractivity contribution in [3.05, 3.63) is 60.2 Å². The summed E-state index contributed by atoms with van der Waals surface area (Å²) in [5.74, 6) is 0.898. The van der Waals surface area contributed by atoms with Gasteiger partial charge in [-0.25, -0.2) is 19.3 Å². The molecule has 0 aliphatic rings. The molecule has 10 heteroatoms. The van der Waals surface area contributed by atoms with Gasteiger partial charge in [-0.1, -0.05) is 0 Å². The molecule has 4 rings (SSSR count). The Morgan fingerprint density at radius 1 is 1.21 bits per heavy atom. The molecule has 0 aliphatic carbocycles. The molecule has 4 aromatic rings. The molecule has 0 amide bonds. The van der Waals surface area contributed by atoms with Crippen LogP contribution in [0, 0.1) is 12.7 Å². The maximum absolute atomic E-state index is 14.4. The highest BCUT2D eigenvalue weighted by Crippen LogP contribution is 2.36. The predicted molar refractivity (Wildman–Crippen MR) is 123 cm³/mol. The normalized spacial score (nSPS) is 12.0. The standard InChI is InChI=1S/C23H25FN6O3/c1-13-19(31)5-4-16(24)22(13)30-23-15-8-20(32-3)21(9-17(15)28-12-29-23)33-7-6-26-14(2)18-10-25-11-27-18/h4-5,8-12,14,26,31H,6-7H2,1-3H3,(H,25,27)(H,28,29,30). The van der Waals surface area contributed by atoms with Gasteiger partial charge in [0.2, 0.25) is 0 Å². The second kappa shape index (κ2) is 9.70. The number of benzene rings is 2. The Kier molecular flexibility index (Phi) is 6.55. The van der Waals surface area contributed by atoms with Crippen LogP contribution in [0.2, 0.25) is 0 Å². The summed E-state index contributed by atoms with van der Waals surface area (Å²) in [6.07, 6.45) is 4.80. The molecule has 0 spiro atoms. The average Bonchev–Trinajstić information content (AvgIpc) is 3.36. The van der Waals surface area contributed by atoms with Crippen molar-refractivity contribution < 1.29 is 19.0 Å². The van der Waals surface area contributed by atoms with E-state index in [9.17, 15) is 9.50 Å². The molecule has 0 aliphatic heterocycles. The number of methoxy groups -OCH3 is 1. The van der Waals surface area contributed by atoms with Gasteiger partial charge in [-0.15, -0.1) is 0 Å². The van der Waals surface area contributed by atoms with E-state index in [1.807, 2.05) is 6.92 Å². The number of aromatic amines is 1. The van der Waals surface area contributed by atoms with Crippen molar-refractivity contribution in [2.45, 2.75) is 19.9 Å². The van der Waals surface area contributed by atoms with Crippen LogP contribution in [0.25, 0.3) is 10.9 Å². The van der Waals surface area contributed by atoms with Crippen LogP contribution >= 0.6 is 0 Å². The van der Waals surface area contributed by atoms with Crippen molar-refractivity contribution in [2.24, 2.45) is 0 Å². The predicted octanol–water partition coefficient (Wildman–Crippen LogP) is 3.99. The number of aromatic nitrogens is 4. The quantitative estimate of drug-likeness (QED) is 0.282. The second-order valence-electron chi connectivity index (χ2n) is 7.47. The average molecular weight is 452 g/mol. The number of H-pyrrole nitrogens is 1. The molecule has 33 heavy (non-hydrogen) atoms. The van der Waals surface area contributed by atoms with Gasteiger partial charge in [0.05, 0.1) is 30.3 Å². The first-order valence-corrected chi connectivity index (χ1v) is 10.4. The molecule has 9 nitrogen and oxygen atoms in total. The number of phenols is 1. The van der Waals surface area contributed by atoms with Crippen molar-refractivity contribution in [1.82, 2.24) is 25.3 Å². The number of aromatic hydroxyl groups is 1. The Morgan fingerprint density at radius 3 is 2.82 bits per heavy atom. The van der Waals surface area contributed by atoms with E-state index in [1.54, 1.807) is 38.7 Å². The summed E-state index contributed by atoms with van der Waals surface area (Å²) in [6.45, 7) is 4.67. The molecule has 2 aromatic carbocycles. The Labute approximate surface area is 190 Å². The van der Waals surface area contributed by atoms with Crippen LogP contribution < -0.4 is 20.1 Å². The van der Waals surface area contributed by atoms with Crippen LogP contribution in [-0.4, -0.2) is 45.3 Å². The molecular formula is C23H25FN6O3. The third kappa shape index (κ3) is 4.80. The van der Waals surface area contributed by atoms with Crippen molar-refractivity contribution in [1.29, 1.82) is 0 Å². The van der Waals surface area contributed by atoms with Crippen LogP contribution in [0.3, 0.4) is 0 Å². The lowest BCUT2D eigenvalue weighted by atomic mass is 10.1. The van der Waals surface area contributed by atoms with Crippen molar-refractivity contribution in [2.75, 3.05) is 25.6 Å². The summed E-state index contributed by atoms with van der Waals surface area (Å²) < 4.78 is 25.8. The number of fused-ring (bicyclic) bond motifs is 1. The van der Waals surface area contributed by atoms with Crippen LogP contribution in [0.4, 0.5) is 15.9 Å². The van der Waals surface area contributed by atoms with Gasteiger partial charge in [-0.3, -0.25) is 0 Å². The number of rotatable bonds is 9. The van der Waals surface area contributed by atoms with E-state index in [4.69, 9.17) is 9.47 Å². The van der Waals surface area contributed by atoms with Crippen LogP contribution in [0.15, 0.2) is 43.1 Å². The number of nitrogens with one attached hydrogen (secondary N) is 3. The zero-order valence-corrected chi connectivity index (χ0v) is 18.5. The number of nitrogens with zero attached hydrogens (tertiary/aromatic N) is 3. The molecule has 172 valence electrons. The van der Waals surface area contributed by atoms with E-state index in [2.05, 4.69) is 30.6 Å². The summed E-state index contributed by atoms with van der Waals surface area (Å²) in [4.78, 5) is 15.7. The van der Waals surface area contributed by atoms with Crippen LogP contribution in [-0.2, 0) is 0 Å². The van der Waals surface area contributed by atoms with Gasteiger partial charge in [0.25, 0.3) is 0 Å².